The zero-order valence-corrected chi connectivity index (χ0v) is 14.3. The van der Waals surface area contributed by atoms with Crippen LogP contribution in [-0.2, 0) is 16.1 Å². The molecule has 1 saturated carbocycles. The SMILES string of the molecule is COc1cc2c(c(NC(=O)[C@@]3(C)CC3(Cl)Cl)c1OC)C(=O)OC2. The molecule has 23 heavy (non-hydrogen) atoms. The molecule has 0 bridgehead atoms. The second kappa shape index (κ2) is 5.18. The van der Waals surface area contributed by atoms with Gasteiger partial charge in [0.1, 0.15) is 16.6 Å². The number of hydrogen-bond donors (Lipinski definition) is 1. The molecule has 3 rings (SSSR count). The summed E-state index contributed by atoms with van der Waals surface area (Å²) in [7, 11) is 2.89. The van der Waals surface area contributed by atoms with Crippen LogP contribution in [0.2, 0.25) is 0 Å². The van der Waals surface area contributed by atoms with E-state index in [4.69, 9.17) is 37.4 Å². The topological polar surface area (TPSA) is 73.9 Å². The van der Waals surface area contributed by atoms with Gasteiger partial charge in [-0.2, -0.15) is 0 Å². The Morgan fingerprint density at radius 1 is 1.35 bits per heavy atom. The molecule has 0 unspecified atom stereocenters. The molecule has 1 atom stereocenters. The summed E-state index contributed by atoms with van der Waals surface area (Å²) in [5.74, 6) is -0.280. The van der Waals surface area contributed by atoms with E-state index in [1.54, 1.807) is 13.0 Å². The second-order valence-corrected chi connectivity index (χ2v) is 7.25. The number of anilines is 1. The van der Waals surface area contributed by atoms with Gasteiger partial charge in [-0.25, -0.2) is 4.79 Å². The number of alkyl halides is 2. The van der Waals surface area contributed by atoms with Gasteiger partial charge in [-0.15, -0.1) is 23.2 Å². The largest absolute Gasteiger partial charge is 0.493 e. The first-order valence-corrected chi connectivity index (χ1v) is 7.65. The van der Waals surface area contributed by atoms with Crippen molar-refractivity contribution in [2.24, 2.45) is 5.41 Å². The van der Waals surface area contributed by atoms with Crippen LogP contribution in [0.3, 0.4) is 0 Å². The lowest BCUT2D eigenvalue weighted by Gasteiger charge is -2.18. The molecule has 1 amide bonds. The van der Waals surface area contributed by atoms with E-state index in [1.165, 1.54) is 14.2 Å². The highest BCUT2D eigenvalue weighted by molar-refractivity contribution is 6.53. The van der Waals surface area contributed by atoms with E-state index < -0.39 is 21.6 Å². The van der Waals surface area contributed by atoms with E-state index in [0.717, 1.165) is 0 Å². The quantitative estimate of drug-likeness (QED) is 0.660. The minimum Gasteiger partial charge on any atom is -0.493 e. The Bertz CT molecular complexity index is 718. The number of carbonyl (C=O) groups is 2. The van der Waals surface area contributed by atoms with Gasteiger partial charge in [0, 0.05) is 5.56 Å². The summed E-state index contributed by atoms with van der Waals surface area (Å²) in [4.78, 5) is 24.6. The van der Waals surface area contributed by atoms with Gasteiger partial charge < -0.3 is 19.5 Å². The van der Waals surface area contributed by atoms with E-state index in [9.17, 15) is 9.59 Å². The molecule has 1 N–H and O–H groups in total. The van der Waals surface area contributed by atoms with Gasteiger partial charge in [-0.3, -0.25) is 4.79 Å². The van der Waals surface area contributed by atoms with E-state index in [-0.39, 0.29) is 23.6 Å². The van der Waals surface area contributed by atoms with Crippen molar-refractivity contribution in [3.8, 4) is 11.5 Å². The third kappa shape index (κ3) is 2.32. The zero-order chi connectivity index (χ0) is 17.0. The van der Waals surface area contributed by atoms with Crippen molar-refractivity contribution in [1.29, 1.82) is 0 Å². The maximum absolute atomic E-state index is 12.6. The molecular weight excluding hydrogens is 345 g/mol. The molecular formula is C15H15Cl2NO5. The maximum atomic E-state index is 12.6. The van der Waals surface area contributed by atoms with Gasteiger partial charge >= 0.3 is 5.97 Å². The number of fused-ring (bicyclic) bond motifs is 1. The molecule has 1 aliphatic carbocycles. The van der Waals surface area contributed by atoms with E-state index in [0.29, 0.717) is 17.7 Å². The number of halogens is 2. The van der Waals surface area contributed by atoms with Crippen LogP contribution in [0, 0.1) is 5.41 Å². The van der Waals surface area contributed by atoms with Gasteiger partial charge in [0.05, 0.1) is 25.2 Å². The van der Waals surface area contributed by atoms with Crippen LogP contribution in [0.4, 0.5) is 5.69 Å². The van der Waals surface area contributed by atoms with Gasteiger partial charge in [0.15, 0.2) is 11.5 Å². The van der Waals surface area contributed by atoms with Crippen LogP contribution in [-0.4, -0.2) is 30.4 Å². The Hall–Kier alpha value is -1.66. The van der Waals surface area contributed by atoms with Crippen LogP contribution < -0.4 is 14.8 Å². The number of amides is 1. The van der Waals surface area contributed by atoms with Crippen molar-refractivity contribution < 1.29 is 23.8 Å². The summed E-state index contributed by atoms with van der Waals surface area (Å²) in [6.45, 7) is 1.77. The Kier molecular flexibility index (Phi) is 3.65. The second-order valence-electron chi connectivity index (χ2n) is 5.76. The Morgan fingerprint density at radius 2 is 2.00 bits per heavy atom. The van der Waals surface area contributed by atoms with Gasteiger partial charge in [0.2, 0.25) is 5.91 Å². The number of hydrogen-bond acceptors (Lipinski definition) is 5. The monoisotopic (exact) mass is 359 g/mol. The lowest BCUT2D eigenvalue weighted by molar-refractivity contribution is -0.120. The molecule has 8 heteroatoms. The Morgan fingerprint density at radius 3 is 2.52 bits per heavy atom. The lowest BCUT2D eigenvalue weighted by atomic mass is 10.0. The molecule has 1 aliphatic heterocycles. The number of ether oxygens (including phenoxy) is 3. The fraction of sp³-hybridized carbons (Fsp3) is 0.467. The summed E-state index contributed by atoms with van der Waals surface area (Å²) in [6.07, 6.45) is 0.327. The standard InChI is InChI=1S/C15H15Cl2NO5/c1-14(6-15(14,16)17)13(20)18-10-9-7(5-23-12(9)19)4-8(21-2)11(10)22-3/h4H,5-6H2,1-3H3,(H,18,20)/t14-/m1/s1. The highest BCUT2D eigenvalue weighted by Gasteiger charge is 2.68. The number of nitrogens with one attached hydrogen (secondary N) is 1. The smallest absolute Gasteiger partial charge is 0.341 e. The zero-order valence-electron chi connectivity index (χ0n) is 12.8. The molecule has 0 radical (unpaired) electrons. The summed E-state index contributed by atoms with van der Waals surface area (Å²) in [6, 6.07) is 1.65. The fourth-order valence-electron chi connectivity index (χ4n) is 2.63. The van der Waals surface area contributed by atoms with E-state index >= 15 is 0 Å². The van der Waals surface area contributed by atoms with E-state index in [1.807, 2.05) is 0 Å². The van der Waals surface area contributed by atoms with Crippen molar-refractivity contribution in [3.05, 3.63) is 17.2 Å². The Labute approximate surface area is 143 Å². The van der Waals surface area contributed by atoms with Crippen molar-refractivity contribution in [3.63, 3.8) is 0 Å². The number of cyclic esters (lactones) is 1. The summed E-state index contributed by atoms with van der Waals surface area (Å²) in [5.41, 5.74) is 0.160. The molecule has 1 aromatic carbocycles. The minimum absolute atomic E-state index is 0.115. The predicted octanol–water partition coefficient (Wildman–Crippen LogP) is 2.90. The molecule has 124 valence electrons. The minimum atomic E-state index is -1.12. The highest BCUT2D eigenvalue weighted by Crippen LogP contribution is 2.64. The van der Waals surface area contributed by atoms with E-state index in [2.05, 4.69) is 5.32 Å². The average molecular weight is 360 g/mol. The van der Waals surface area contributed by atoms with Crippen molar-refractivity contribution >= 4 is 40.8 Å². The molecule has 1 fully saturated rings. The van der Waals surface area contributed by atoms with Crippen molar-refractivity contribution in [2.75, 3.05) is 19.5 Å². The van der Waals surface area contributed by atoms with Crippen LogP contribution in [0.25, 0.3) is 0 Å². The number of benzene rings is 1. The molecule has 0 spiro atoms. The van der Waals surface area contributed by atoms with Crippen molar-refractivity contribution in [1.82, 2.24) is 0 Å². The third-order valence-corrected chi connectivity index (χ3v) is 5.41. The highest BCUT2D eigenvalue weighted by atomic mass is 35.5. The molecule has 2 aliphatic rings. The van der Waals surface area contributed by atoms with Gasteiger partial charge in [0.25, 0.3) is 0 Å². The van der Waals surface area contributed by atoms with Crippen LogP contribution in [0.15, 0.2) is 6.07 Å². The first-order valence-electron chi connectivity index (χ1n) is 6.89. The van der Waals surface area contributed by atoms with Gasteiger partial charge in [-0.05, 0) is 19.4 Å². The molecule has 0 aromatic heterocycles. The molecule has 0 saturated heterocycles. The average Bonchev–Trinajstić information content (AvgIpc) is 2.83. The van der Waals surface area contributed by atoms with Crippen LogP contribution >= 0.6 is 23.2 Å². The first kappa shape index (κ1) is 16.2. The summed E-state index contributed by atoms with van der Waals surface area (Å²) < 4.78 is 14.5. The maximum Gasteiger partial charge on any atom is 0.341 e. The first-order chi connectivity index (χ1) is 10.7. The fourth-order valence-corrected chi connectivity index (χ4v) is 3.33. The predicted molar refractivity (Wildman–Crippen MR) is 84.5 cm³/mol. The number of rotatable bonds is 4. The number of esters is 1. The van der Waals surface area contributed by atoms with Crippen molar-refractivity contribution in [2.45, 2.75) is 24.3 Å². The molecule has 1 heterocycles. The summed E-state index contributed by atoms with van der Waals surface area (Å²) >= 11 is 12.1. The molecule has 6 nitrogen and oxygen atoms in total. The van der Waals surface area contributed by atoms with Gasteiger partial charge in [-0.1, -0.05) is 0 Å². The van der Waals surface area contributed by atoms with Crippen LogP contribution in [0.1, 0.15) is 29.3 Å². The number of carbonyl (C=O) groups excluding carboxylic acids is 2. The lowest BCUT2D eigenvalue weighted by Crippen LogP contribution is -2.27. The Balaban J connectivity index is 2.06. The summed E-state index contributed by atoms with van der Waals surface area (Å²) in [5, 5.41) is 2.71. The normalized spacial score (nSPS) is 23.8. The van der Waals surface area contributed by atoms with Crippen LogP contribution in [0.5, 0.6) is 11.5 Å². The molecule has 1 aromatic rings. The third-order valence-electron chi connectivity index (χ3n) is 4.31. The number of methoxy groups -OCH3 is 2.